The van der Waals surface area contributed by atoms with Gasteiger partial charge >= 0.3 is 0 Å². The predicted octanol–water partition coefficient (Wildman–Crippen LogP) is 3.92. The first-order valence-corrected chi connectivity index (χ1v) is 6.80. The Morgan fingerprint density at radius 3 is 2.59 bits per heavy atom. The Labute approximate surface area is 126 Å². The SMILES string of the molecule is Cc1occc1C(=O)NCc1ccc(-c2ccc(F)cc2)o1. The first kappa shape index (κ1) is 14.1. The van der Waals surface area contributed by atoms with Crippen LogP contribution in [0.1, 0.15) is 21.9 Å². The predicted molar refractivity (Wildman–Crippen MR) is 78.7 cm³/mol. The molecule has 0 spiro atoms. The Morgan fingerprint density at radius 1 is 1.14 bits per heavy atom. The standard InChI is InChI=1S/C17H14FNO3/c1-11-15(8-9-21-11)17(20)19-10-14-6-7-16(22-14)12-2-4-13(18)5-3-12/h2-9H,10H2,1H3,(H,19,20). The maximum atomic E-state index is 12.9. The van der Waals surface area contributed by atoms with Crippen LogP contribution in [0.2, 0.25) is 0 Å². The summed E-state index contributed by atoms with van der Waals surface area (Å²) in [6.45, 7) is 2.00. The molecule has 2 aromatic heterocycles. The van der Waals surface area contributed by atoms with E-state index < -0.39 is 0 Å². The molecule has 0 aliphatic rings. The molecule has 1 aromatic carbocycles. The van der Waals surface area contributed by atoms with Gasteiger partial charge in [-0.05, 0) is 49.4 Å². The van der Waals surface area contributed by atoms with Gasteiger partial charge in [0.1, 0.15) is 23.1 Å². The molecular weight excluding hydrogens is 285 g/mol. The summed E-state index contributed by atoms with van der Waals surface area (Å²) < 4.78 is 23.6. The summed E-state index contributed by atoms with van der Waals surface area (Å²) in [4.78, 5) is 12.0. The fourth-order valence-corrected chi connectivity index (χ4v) is 2.13. The van der Waals surface area contributed by atoms with Gasteiger partial charge < -0.3 is 14.2 Å². The van der Waals surface area contributed by atoms with Crippen molar-refractivity contribution in [2.75, 3.05) is 0 Å². The zero-order valence-corrected chi connectivity index (χ0v) is 11.9. The van der Waals surface area contributed by atoms with Gasteiger partial charge in [0.25, 0.3) is 5.91 Å². The van der Waals surface area contributed by atoms with Crippen LogP contribution in [0, 0.1) is 12.7 Å². The van der Waals surface area contributed by atoms with Crippen LogP contribution in [0.15, 0.2) is 57.6 Å². The number of aryl methyl sites for hydroxylation is 1. The highest BCUT2D eigenvalue weighted by Gasteiger charge is 2.12. The van der Waals surface area contributed by atoms with Gasteiger partial charge in [-0.25, -0.2) is 4.39 Å². The highest BCUT2D eigenvalue weighted by molar-refractivity contribution is 5.94. The summed E-state index contributed by atoms with van der Waals surface area (Å²) in [5, 5.41) is 2.76. The Balaban J connectivity index is 1.66. The number of carbonyl (C=O) groups is 1. The molecule has 0 aliphatic heterocycles. The normalized spacial score (nSPS) is 10.6. The van der Waals surface area contributed by atoms with E-state index in [9.17, 15) is 9.18 Å². The quantitative estimate of drug-likeness (QED) is 0.794. The largest absolute Gasteiger partial charge is 0.469 e. The number of nitrogens with one attached hydrogen (secondary N) is 1. The van der Waals surface area contributed by atoms with Gasteiger partial charge in [0.05, 0.1) is 18.4 Å². The fraction of sp³-hybridized carbons (Fsp3) is 0.118. The van der Waals surface area contributed by atoms with Crippen molar-refractivity contribution in [3.63, 3.8) is 0 Å². The number of halogens is 1. The lowest BCUT2D eigenvalue weighted by molar-refractivity contribution is 0.0946. The fourth-order valence-electron chi connectivity index (χ4n) is 2.13. The molecule has 0 unspecified atom stereocenters. The molecule has 5 heteroatoms. The molecule has 0 aliphatic carbocycles. The van der Waals surface area contributed by atoms with E-state index in [2.05, 4.69) is 5.32 Å². The maximum absolute atomic E-state index is 12.9. The van der Waals surface area contributed by atoms with Crippen molar-refractivity contribution in [2.45, 2.75) is 13.5 Å². The molecule has 0 saturated carbocycles. The highest BCUT2D eigenvalue weighted by atomic mass is 19.1. The molecule has 22 heavy (non-hydrogen) atoms. The van der Waals surface area contributed by atoms with Gasteiger partial charge in [-0.15, -0.1) is 0 Å². The van der Waals surface area contributed by atoms with Gasteiger partial charge in [0.2, 0.25) is 0 Å². The molecule has 0 fully saturated rings. The summed E-state index contributed by atoms with van der Waals surface area (Å²) in [5.41, 5.74) is 1.29. The first-order valence-electron chi connectivity index (χ1n) is 6.80. The van der Waals surface area contributed by atoms with E-state index in [1.165, 1.54) is 18.4 Å². The van der Waals surface area contributed by atoms with Crippen LogP contribution >= 0.6 is 0 Å². The van der Waals surface area contributed by atoms with Crippen molar-refractivity contribution in [1.82, 2.24) is 5.32 Å². The van der Waals surface area contributed by atoms with Gasteiger partial charge in [-0.2, -0.15) is 0 Å². The van der Waals surface area contributed by atoms with Gasteiger partial charge in [0, 0.05) is 5.56 Å². The number of carbonyl (C=O) groups excluding carboxylic acids is 1. The van der Waals surface area contributed by atoms with Crippen molar-refractivity contribution in [2.24, 2.45) is 0 Å². The minimum atomic E-state index is -0.293. The molecular formula is C17H14FNO3. The van der Waals surface area contributed by atoms with Crippen molar-refractivity contribution in [1.29, 1.82) is 0 Å². The number of hydrogen-bond donors (Lipinski definition) is 1. The zero-order valence-electron chi connectivity index (χ0n) is 11.9. The van der Waals surface area contributed by atoms with Crippen molar-refractivity contribution in [3.8, 4) is 11.3 Å². The molecule has 112 valence electrons. The van der Waals surface area contributed by atoms with E-state index in [1.54, 1.807) is 37.3 Å². The second-order valence-electron chi connectivity index (χ2n) is 4.85. The van der Waals surface area contributed by atoms with Crippen molar-refractivity contribution < 1.29 is 18.0 Å². The molecule has 0 atom stereocenters. The third kappa shape index (κ3) is 2.93. The monoisotopic (exact) mass is 299 g/mol. The lowest BCUT2D eigenvalue weighted by atomic mass is 10.2. The van der Waals surface area contributed by atoms with E-state index in [4.69, 9.17) is 8.83 Å². The molecule has 2 heterocycles. The van der Waals surface area contributed by atoms with Crippen molar-refractivity contribution in [3.05, 3.63) is 71.6 Å². The lowest BCUT2D eigenvalue weighted by Gasteiger charge is -2.02. The Hall–Kier alpha value is -2.82. The van der Waals surface area contributed by atoms with Crippen LogP contribution in [-0.2, 0) is 6.54 Å². The van der Waals surface area contributed by atoms with E-state index in [1.807, 2.05) is 0 Å². The third-order valence-corrected chi connectivity index (χ3v) is 3.32. The third-order valence-electron chi connectivity index (χ3n) is 3.32. The van der Waals surface area contributed by atoms with E-state index in [0.29, 0.717) is 22.8 Å². The number of furan rings is 2. The second kappa shape index (κ2) is 5.89. The molecule has 4 nitrogen and oxygen atoms in total. The molecule has 1 N–H and O–H groups in total. The summed E-state index contributed by atoms with van der Waals surface area (Å²) in [7, 11) is 0. The van der Waals surface area contributed by atoms with Gasteiger partial charge in [0.15, 0.2) is 0 Å². The molecule has 0 radical (unpaired) electrons. The van der Waals surface area contributed by atoms with Crippen LogP contribution in [-0.4, -0.2) is 5.91 Å². The van der Waals surface area contributed by atoms with E-state index in [-0.39, 0.29) is 18.3 Å². The molecule has 3 aromatic rings. The summed E-state index contributed by atoms with van der Waals surface area (Å²) in [6, 6.07) is 11.2. The molecule has 0 bridgehead atoms. The molecule has 0 saturated heterocycles. The van der Waals surface area contributed by atoms with Gasteiger partial charge in [-0.1, -0.05) is 0 Å². The summed E-state index contributed by atoms with van der Waals surface area (Å²) in [6.07, 6.45) is 1.48. The van der Waals surface area contributed by atoms with Crippen LogP contribution in [0.4, 0.5) is 4.39 Å². The van der Waals surface area contributed by atoms with E-state index in [0.717, 1.165) is 5.56 Å². The Morgan fingerprint density at radius 2 is 1.91 bits per heavy atom. The maximum Gasteiger partial charge on any atom is 0.255 e. The topological polar surface area (TPSA) is 55.4 Å². The zero-order chi connectivity index (χ0) is 15.5. The Kier molecular flexibility index (Phi) is 3.78. The van der Waals surface area contributed by atoms with Crippen molar-refractivity contribution >= 4 is 5.91 Å². The second-order valence-corrected chi connectivity index (χ2v) is 4.85. The molecule has 3 rings (SSSR count). The number of benzene rings is 1. The summed E-state index contributed by atoms with van der Waals surface area (Å²) >= 11 is 0. The average Bonchev–Trinajstić information content (AvgIpc) is 3.14. The molecule has 1 amide bonds. The number of rotatable bonds is 4. The minimum Gasteiger partial charge on any atom is -0.469 e. The van der Waals surface area contributed by atoms with E-state index >= 15 is 0 Å². The highest BCUT2D eigenvalue weighted by Crippen LogP contribution is 2.22. The van der Waals surface area contributed by atoms with Crippen LogP contribution in [0.5, 0.6) is 0 Å². The van der Waals surface area contributed by atoms with Gasteiger partial charge in [-0.3, -0.25) is 4.79 Å². The average molecular weight is 299 g/mol. The lowest BCUT2D eigenvalue weighted by Crippen LogP contribution is -2.22. The minimum absolute atomic E-state index is 0.217. The first-order chi connectivity index (χ1) is 10.6. The number of hydrogen-bond acceptors (Lipinski definition) is 3. The van der Waals surface area contributed by atoms with Crippen LogP contribution < -0.4 is 5.32 Å². The van der Waals surface area contributed by atoms with Crippen LogP contribution in [0.3, 0.4) is 0 Å². The number of amides is 1. The summed E-state index contributed by atoms with van der Waals surface area (Å²) in [5.74, 6) is 1.31. The van der Waals surface area contributed by atoms with Crippen LogP contribution in [0.25, 0.3) is 11.3 Å². The smallest absolute Gasteiger partial charge is 0.255 e. The Bertz CT molecular complexity index is 786.